The molecule has 0 saturated carbocycles. The van der Waals surface area contributed by atoms with Gasteiger partial charge in [-0.1, -0.05) is 32.8 Å². The molecule has 0 aliphatic heterocycles. The molecule has 134 valence electrons. The van der Waals surface area contributed by atoms with E-state index >= 15 is 0 Å². The van der Waals surface area contributed by atoms with Crippen LogP contribution in [-0.4, -0.2) is 25.4 Å². The normalized spacial score (nSPS) is 10.1. The van der Waals surface area contributed by atoms with E-state index < -0.39 is 12.2 Å². The van der Waals surface area contributed by atoms with Gasteiger partial charge in [0.15, 0.2) is 0 Å². The van der Waals surface area contributed by atoms with Crippen LogP contribution in [-0.2, 0) is 16.0 Å². The maximum absolute atomic E-state index is 11.7. The Bertz CT molecular complexity index is 532. The highest BCUT2D eigenvalue weighted by Crippen LogP contribution is 2.15. The van der Waals surface area contributed by atoms with E-state index in [1.165, 1.54) is 0 Å². The first-order chi connectivity index (χ1) is 11.6. The highest BCUT2D eigenvalue weighted by molar-refractivity contribution is 5.84. The minimum Gasteiger partial charge on any atom is -0.450 e. The number of benzene rings is 1. The van der Waals surface area contributed by atoms with Crippen molar-refractivity contribution in [2.24, 2.45) is 0 Å². The molecule has 24 heavy (non-hydrogen) atoms. The van der Waals surface area contributed by atoms with Crippen LogP contribution in [0.1, 0.15) is 50.7 Å². The average Bonchev–Trinajstić information content (AvgIpc) is 2.56. The monoisotopic (exact) mass is 336 g/mol. The number of ether oxygens (including phenoxy) is 2. The van der Waals surface area contributed by atoms with Gasteiger partial charge in [-0.2, -0.15) is 0 Å². The highest BCUT2D eigenvalue weighted by Gasteiger charge is 2.07. The quantitative estimate of drug-likeness (QED) is 0.657. The first-order valence-corrected chi connectivity index (χ1v) is 8.50. The number of hydrogen-bond donors (Lipinski definition) is 2. The van der Waals surface area contributed by atoms with Crippen molar-refractivity contribution in [3.8, 4) is 0 Å². The summed E-state index contributed by atoms with van der Waals surface area (Å²) in [5.74, 6) is 0. The predicted octanol–water partition coefficient (Wildman–Crippen LogP) is 4.37. The molecule has 2 N–H and O–H groups in total. The molecule has 0 aliphatic rings. The first-order valence-electron chi connectivity index (χ1n) is 8.50. The van der Waals surface area contributed by atoms with E-state index in [9.17, 15) is 9.59 Å². The van der Waals surface area contributed by atoms with Crippen LogP contribution < -0.4 is 10.6 Å². The number of aryl methyl sites for hydroxylation is 1. The van der Waals surface area contributed by atoms with Crippen LogP contribution in [0.25, 0.3) is 0 Å². The number of carbonyl (C=O) groups excluding carboxylic acids is 2. The molecule has 1 aromatic carbocycles. The third-order valence-electron chi connectivity index (χ3n) is 3.48. The Morgan fingerprint density at radius 2 is 1.62 bits per heavy atom. The Hall–Kier alpha value is -2.24. The Morgan fingerprint density at radius 1 is 1.00 bits per heavy atom. The van der Waals surface area contributed by atoms with Crippen molar-refractivity contribution in [2.45, 2.75) is 53.0 Å². The largest absolute Gasteiger partial charge is 0.450 e. The fourth-order valence-corrected chi connectivity index (χ4v) is 1.93. The molecule has 6 nitrogen and oxygen atoms in total. The number of alkyl carbamates (subject to hydrolysis) is 1. The zero-order valence-electron chi connectivity index (χ0n) is 14.8. The minimum absolute atomic E-state index is 0.344. The molecule has 0 aromatic heterocycles. The lowest BCUT2D eigenvalue weighted by Gasteiger charge is -2.12. The standard InChI is InChI=1S/C18H28N2O4/c1-4-6-10-23-17(21)19-13-15-12-16(9-8-14(15)3)20-18(22)24-11-7-5-2/h8-9,12H,4-7,10-11,13H2,1-3H3,(H,19,21)(H,20,22). The summed E-state index contributed by atoms with van der Waals surface area (Å²) in [5, 5.41) is 5.41. The number of unbranched alkanes of at least 4 members (excludes halogenated alkanes) is 2. The first kappa shape index (κ1) is 19.8. The number of amides is 2. The second kappa shape index (κ2) is 11.3. The lowest BCUT2D eigenvalue weighted by molar-refractivity contribution is 0.144. The molecule has 0 saturated heterocycles. The highest BCUT2D eigenvalue weighted by atomic mass is 16.6. The van der Waals surface area contributed by atoms with Gasteiger partial charge in [0.2, 0.25) is 0 Å². The van der Waals surface area contributed by atoms with Crippen molar-refractivity contribution in [1.29, 1.82) is 0 Å². The van der Waals surface area contributed by atoms with Crippen LogP contribution in [0.3, 0.4) is 0 Å². The molecule has 0 heterocycles. The summed E-state index contributed by atoms with van der Waals surface area (Å²) in [6.07, 6.45) is 2.75. The van der Waals surface area contributed by atoms with Crippen LogP contribution in [0.4, 0.5) is 15.3 Å². The van der Waals surface area contributed by atoms with Crippen LogP contribution in [0.2, 0.25) is 0 Å². The topological polar surface area (TPSA) is 76.7 Å². The van der Waals surface area contributed by atoms with Crippen LogP contribution >= 0.6 is 0 Å². The number of hydrogen-bond acceptors (Lipinski definition) is 4. The molecule has 6 heteroatoms. The second-order valence-electron chi connectivity index (χ2n) is 5.60. The molecule has 0 aliphatic carbocycles. The maximum atomic E-state index is 11.7. The van der Waals surface area contributed by atoms with Crippen LogP contribution in [0.5, 0.6) is 0 Å². The van der Waals surface area contributed by atoms with Gasteiger partial charge in [-0.05, 0) is 43.0 Å². The molecule has 0 fully saturated rings. The molecule has 1 rings (SSSR count). The third kappa shape index (κ3) is 7.85. The van der Waals surface area contributed by atoms with Gasteiger partial charge in [0, 0.05) is 12.2 Å². The molecule has 1 aromatic rings. The number of nitrogens with one attached hydrogen (secondary N) is 2. The Labute approximate surface area is 143 Å². The summed E-state index contributed by atoms with van der Waals surface area (Å²) in [6, 6.07) is 5.52. The van der Waals surface area contributed by atoms with E-state index in [0.717, 1.165) is 36.8 Å². The summed E-state index contributed by atoms with van der Waals surface area (Å²) >= 11 is 0. The van der Waals surface area contributed by atoms with Crippen molar-refractivity contribution in [1.82, 2.24) is 5.32 Å². The van der Waals surface area contributed by atoms with E-state index in [0.29, 0.717) is 25.4 Å². The average molecular weight is 336 g/mol. The van der Waals surface area contributed by atoms with E-state index in [1.807, 2.05) is 32.9 Å². The lowest BCUT2D eigenvalue weighted by Crippen LogP contribution is -2.24. The van der Waals surface area contributed by atoms with E-state index in [-0.39, 0.29) is 0 Å². The molecule has 0 bridgehead atoms. The van der Waals surface area contributed by atoms with Gasteiger partial charge in [-0.25, -0.2) is 9.59 Å². The van der Waals surface area contributed by atoms with Gasteiger partial charge in [-0.3, -0.25) is 5.32 Å². The Morgan fingerprint density at radius 3 is 2.25 bits per heavy atom. The van der Waals surface area contributed by atoms with Gasteiger partial charge >= 0.3 is 12.2 Å². The Balaban J connectivity index is 2.50. The molecular weight excluding hydrogens is 308 g/mol. The van der Waals surface area contributed by atoms with Gasteiger partial charge in [0.1, 0.15) is 0 Å². The fourth-order valence-electron chi connectivity index (χ4n) is 1.93. The zero-order chi connectivity index (χ0) is 17.8. The number of carbonyl (C=O) groups is 2. The fraction of sp³-hybridized carbons (Fsp3) is 0.556. The predicted molar refractivity (Wildman–Crippen MR) is 94.2 cm³/mol. The summed E-state index contributed by atoms with van der Waals surface area (Å²) < 4.78 is 10.1. The van der Waals surface area contributed by atoms with Gasteiger partial charge < -0.3 is 14.8 Å². The molecule has 0 spiro atoms. The SMILES string of the molecule is CCCCOC(=O)NCc1cc(NC(=O)OCCCC)ccc1C. The van der Waals surface area contributed by atoms with Crippen molar-refractivity contribution < 1.29 is 19.1 Å². The van der Waals surface area contributed by atoms with Crippen molar-refractivity contribution in [3.05, 3.63) is 29.3 Å². The molecule has 0 radical (unpaired) electrons. The summed E-state index contributed by atoms with van der Waals surface area (Å²) in [6.45, 7) is 7.20. The number of rotatable bonds is 9. The van der Waals surface area contributed by atoms with Gasteiger partial charge in [0.05, 0.1) is 13.2 Å². The van der Waals surface area contributed by atoms with Gasteiger partial charge in [0.25, 0.3) is 0 Å². The van der Waals surface area contributed by atoms with Gasteiger partial charge in [-0.15, -0.1) is 0 Å². The van der Waals surface area contributed by atoms with Crippen molar-refractivity contribution >= 4 is 17.9 Å². The maximum Gasteiger partial charge on any atom is 0.411 e. The third-order valence-corrected chi connectivity index (χ3v) is 3.48. The van der Waals surface area contributed by atoms with Crippen molar-refractivity contribution in [3.63, 3.8) is 0 Å². The molecular formula is C18H28N2O4. The molecule has 2 amide bonds. The summed E-state index contributed by atoms with van der Waals surface area (Å²) in [7, 11) is 0. The van der Waals surface area contributed by atoms with E-state index in [4.69, 9.17) is 9.47 Å². The Kier molecular flexibility index (Phi) is 9.34. The molecule has 0 unspecified atom stereocenters. The summed E-state index contributed by atoms with van der Waals surface area (Å²) in [5.41, 5.74) is 2.57. The summed E-state index contributed by atoms with van der Waals surface area (Å²) in [4.78, 5) is 23.3. The van der Waals surface area contributed by atoms with Crippen LogP contribution in [0.15, 0.2) is 18.2 Å². The second-order valence-corrected chi connectivity index (χ2v) is 5.60. The zero-order valence-corrected chi connectivity index (χ0v) is 14.8. The minimum atomic E-state index is -0.467. The lowest BCUT2D eigenvalue weighted by atomic mass is 10.1. The van der Waals surface area contributed by atoms with E-state index in [1.54, 1.807) is 6.07 Å². The van der Waals surface area contributed by atoms with Crippen LogP contribution in [0, 0.1) is 6.92 Å². The van der Waals surface area contributed by atoms with Crippen molar-refractivity contribution in [2.75, 3.05) is 18.5 Å². The van der Waals surface area contributed by atoms with E-state index in [2.05, 4.69) is 10.6 Å². The smallest absolute Gasteiger partial charge is 0.411 e. The molecule has 0 atom stereocenters. The number of anilines is 1.